The number of aryl methyl sites for hydroxylation is 1. The van der Waals surface area contributed by atoms with E-state index in [1.54, 1.807) is 18.4 Å². The van der Waals surface area contributed by atoms with E-state index in [4.69, 9.17) is 9.47 Å². The van der Waals surface area contributed by atoms with Gasteiger partial charge >= 0.3 is 0 Å². The van der Waals surface area contributed by atoms with Gasteiger partial charge in [-0.1, -0.05) is 0 Å². The number of rotatable bonds is 4. The van der Waals surface area contributed by atoms with E-state index in [0.29, 0.717) is 19.8 Å². The van der Waals surface area contributed by atoms with Gasteiger partial charge in [0.05, 0.1) is 23.1 Å². The maximum absolute atomic E-state index is 12.8. The Labute approximate surface area is 142 Å². The number of benzene rings is 1. The van der Waals surface area contributed by atoms with Gasteiger partial charge in [0.1, 0.15) is 13.2 Å². The molecule has 0 fully saturated rings. The number of nitro groups is 1. The Bertz CT molecular complexity index is 802. The van der Waals surface area contributed by atoms with Gasteiger partial charge in [0, 0.05) is 22.9 Å². The Balaban J connectivity index is 1.93. The Kier molecular flexibility index (Phi) is 4.39. The third-order valence-electron chi connectivity index (χ3n) is 3.60. The van der Waals surface area contributed by atoms with E-state index in [2.05, 4.69) is 0 Å². The first-order valence-corrected chi connectivity index (χ1v) is 8.16. The summed E-state index contributed by atoms with van der Waals surface area (Å²) in [7, 11) is 1.66. The smallest absolute Gasteiger partial charge is 0.274 e. The van der Waals surface area contributed by atoms with E-state index in [0.717, 1.165) is 9.75 Å². The van der Waals surface area contributed by atoms with Gasteiger partial charge in [-0.15, -0.1) is 11.3 Å². The van der Waals surface area contributed by atoms with Gasteiger partial charge in [0.25, 0.3) is 11.6 Å². The van der Waals surface area contributed by atoms with E-state index in [1.165, 1.54) is 17.0 Å². The lowest BCUT2D eigenvalue weighted by atomic mass is 10.1. The second-order valence-corrected chi connectivity index (χ2v) is 6.82. The second-order valence-electron chi connectivity index (χ2n) is 5.45. The molecule has 126 valence electrons. The average Bonchev–Trinajstić information content (AvgIpc) is 2.97. The van der Waals surface area contributed by atoms with Crippen LogP contribution in [0.25, 0.3) is 0 Å². The van der Waals surface area contributed by atoms with Crippen LogP contribution < -0.4 is 9.47 Å². The molecule has 0 bridgehead atoms. The zero-order valence-electron chi connectivity index (χ0n) is 13.3. The fourth-order valence-electron chi connectivity index (χ4n) is 2.48. The molecule has 0 N–H and O–H groups in total. The molecule has 0 saturated carbocycles. The quantitative estimate of drug-likeness (QED) is 0.627. The topological polar surface area (TPSA) is 81.9 Å². The first-order chi connectivity index (χ1) is 11.5. The highest BCUT2D eigenvalue weighted by atomic mass is 32.1. The molecule has 1 aromatic heterocycles. The van der Waals surface area contributed by atoms with Crippen LogP contribution in [0.2, 0.25) is 0 Å². The molecule has 0 aliphatic carbocycles. The van der Waals surface area contributed by atoms with E-state index in [-0.39, 0.29) is 28.7 Å². The maximum Gasteiger partial charge on any atom is 0.274 e. The van der Waals surface area contributed by atoms with Crippen molar-refractivity contribution in [2.45, 2.75) is 13.5 Å². The molecule has 3 rings (SSSR count). The number of amides is 1. The molecule has 1 aliphatic heterocycles. The van der Waals surface area contributed by atoms with Crippen LogP contribution in [-0.2, 0) is 6.54 Å². The highest BCUT2D eigenvalue weighted by Gasteiger charge is 2.27. The third kappa shape index (κ3) is 3.18. The Hall–Kier alpha value is -2.61. The van der Waals surface area contributed by atoms with Gasteiger partial charge in [0.2, 0.25) is 0 Å². The minimum atomic E-state index is -0.544. The first kappa shape index (κ1) is 16.3. The number of fused-ring (bicyclic) bond motifs is 1. The number of nitrogens with zero attached hydrogens (tertiary/aromatic N) is 2. The summed E-state index contributed by atoms with van der Waals surface area (Å²) in [4.78, 5) is 27.1. The molecule has 8 heteroatoms. The standard InChI is InChI=1S/C16H16N2O5S/c1-10-3-4-12(24-10)9-17(2)16(19)13-7-11(18(20)21)8-14-15(13)23-6-5-22-14/h3-4,7-8H,5-6,9H2,1-2H3. The van der Waals surface area contributed by atoms with Crippen LogP contribution in [0.3, 0.4) is 0 Å². The van der Waals surface area contributed by atoms with Crippen molar-refractivity contribution in [2.24, 2.45) is 0 Å². The van der Waals surface area contributed by atoms with E-state index in [1.807, 2.05) is 19.1 Å². The van der Waals surface area contributed by atoms with Crippen molar-refractivity contribution in [3.05, 3.63) is 49.7 Å². The number of ether oxygens (including phenoxy) is 2. The van der Waals surface area contributed by atoms with Crippen molar-refractivity contribution in [2.75, 3.05) is 20.3 Å². The summed E-state index contributed by atoms with van der Waals surface area (Å²) in [6, 6.07) is 6.48. The second kappa shape index (κ2) is 6.48. The number of nitro benzene ring substituents is 1. The summed E-state index contributed by atoms with van der Waals surface area (Å²) in [6.45, 7) is 3.03. The predicted molar refractivity (Wildman–Crippen MR) is 88.9 cm³/mol. The van der Waals surface area contributed by atoms with Crippen LogP contribution >= 0.6 is 11.3 Å². The predicted octanol–water partition coefficient (Wildman–Crippen LogP) is 3.01. The molecule has 0 unspecified atom stereocenters. The largest absolute Gasteiger partial charge is 0.486 e. The lowest BCUT2D eigenvalue weighted by Crippen LogP contribution is -2.27. The van der Waals surface area contributed by atoms with Crippen molar-refractivity contribution in [3.8, 4) is 11.5 Å². The number of hydrogen-bond acceptors (Lipinski definition) is 6. The van der Waals surface area contributed by atoms with Gasteiger partial charge in [-0.05, 0) is 19.1 Å². The molecule has 1 aliphatic rings. The molecule has 2 aromatic rings. The monoisotopic (exact) mass is 348 g/mol. The lowest BCUT2D eigenvalue weighted by Gasteiger charge is -2.23. The normalized spacial score (nSPS) is 12.8. The van der Waals surface area contributed by atoms with Crippen molar-refractivity contribution < 1.29 is 19.2 Å². The number of carbonyl (C=O) groups is 1. The van der Waals surface area contributed by atoms with Crippen LogP contribution in [0.5, 0.6) is 11.5 Å². The molecular formula is C16H16N2O5S. The molecule has 0 saturated heterocycles. The molecular weight excluding hydrogens is 332 g/mol. The molecule has 24 heavy (non-hydrogen) atoms. The molecule has 0 spiro atoms. The summed E-state index contributed by atoms with van der Waals surface area (Å²) >= 11 is 1.61. The van der Waals surface area contributed by atoms with Gasteiger partial charge in [-0.25, -0.2) is 0 Å². The molecule has 0 atom stereocenters. The molecule has 1 amide bonds. The number of carbonyl (C=O) groups excluding carboxylic acids is 1. The summed E-state index contributed by atoms with van der Waals surface area (Å²) in [5.41, 5.74) is -0.0438. The van der Waals surface area contributed by atoms with Crippen molar-refractivity contribution in [1.29, 1.82) is 0 Å². The highest BCUT2D eigenvalue weighted by Crippen LogP contribution is 2.38. The number of thiophene rings is 1. The SMILES string of the molecule is Cc1ccc(CN(C)C(=O)c2cc([N+](=O)[O-])cc3c2OCCO3)s1. The zero-order valence-corrected chi connectivity index (χ0v) is 14.1. The minimum absolute atomic E-state index is 0.148. The fourth-order valence-corrected chi connectivity index (χ4v) is 3.43. The molecule has 7 nitrogen and oxygen atoms in total. The Morgan fingerprint density at radius 3 is 2.75 bits per heavy atom. The van der Waals surface area contributed by atoms with Gasteiger partial charge < -0.3 is 14.4 Å². The molecule has 2 heterocycles. The van der Waals surface area contributed by atoms with Gasteiger partial charge in [-0.2, -0.15) is 0 Å². The van der Waals surface area contributed by atoms with Crippen LogP contribution in [0.1, 0.15) is 20.1 Å². The van der Waals surface area contributed by atoms with Gasteiger partial charge in [0.15, 0.2) is 11.5 Å². The van der Waals surface area contributed by atoms with E-state index < -0.39 is 4.92 Å². The van der Waals surface area contributed by atoms with Crippen LogP contribution in [0, 0.1) is 17.0 Å². The molecule has 1 aromatic carbocycles. The first-order valence-electron chi connectivity index (χ1n) is 7.34. The summed E-state index contributed by atoms with van der Waals surface area (Å²) in [5.74, 6) is 0.164. The minimum Gasteiger partial charge on any atom is -0.486 e. The molecule has 0 radical (unpaired) electrons. The van der Waals surface area contributed by atoms with Crippen LogP contribution in [-0.4, -0.2) is 36.0 Å². The number of non-ortho nitro benzene ring substituents is 1. The zero-order chi connectivity index (χ0) is 17.3. The van der Waals surface area contributed by atoms with E-state index >= 15 is 0 Å². The van der Waals surface area contributed by atoms with Crippen LogP contribution in [0.15, 0.2) is 24.3 Å². The van der Waals surface area contributed by atoms with Crippen molar-refractivity contribution >= 4 is 22.9 Å². The van der Waals surface area contributed by atoms with Crippen molar-refractivity contribution in [1.82, 2.24) is 4.90 Å². The highest BCUT2D eigenvalue weighted by molar-refractivity contribution is 7.11. The fraction of sp³-hybridized carbons (Fsp3) is 0.312. The lowest BCUT2D eigenvalue weighted by molar-refractivity contribution is -0.385. The summed E-state index contributed by atoms with van der Waals surface area (Å²) < 4.78 is 10.9. The summed E-state index contributed by atoms with van der Waals surface area (Å²) in [5, 5.41) is 11.1. The Morgan fingerprint density at radius 2 is 2.08 bits per heavy atom. The van der Waals surface area contributed by atoms with Crippen LogP contribution in [0.4, 0.5) is 5.69 Å². The van der Waals surface area contributed by atoms with Crippen molar-refractivity contribution in [3.63, 3.8) is 0 Å². The average molecular weight is 348 g/mol. The maximum atomic E-state index is 12.8. The third-order valence-corrected chi connectivity index (χ3v) is 4.59. The van der Waals surface area contributed by atoms with E-state index in [9.17, 15) is 14.9 Å². The van der Waals surface area contributed by atoms with Gasteiger partial charge in [-0.3, -0.25) is 14.9 Å². The number of hydrogen-bond donors (Lipinski definition) is 0. The summed E-state index contributed by atoms with van der Waals surface area (Å²) in [6.07, 6.45) is 0. The Morgan fingerprint density at radius 1 is 1.33 bits per heavy atom.